The zero-order chi connectivity index (χ0) is 30.1. The quantitative estimate of drug-likeness (QED) is 0.156. The molecule has 9 nitrogen and oxygen atoms in total. The average Bonchev–Trinajstić information content (AvgIpc) is 3.74. The van der Waals surface area contributed by atoms with Crippen molar-refractivity contribution in [2.75, 3.05) is 45.3 Å². The molecule has 0 aliphatic carbocycles. The topological polar surface area (TPSA) is 85.1 Å². The van der Waals surface area contributed by atoms with Gasteiger partial charge in [-0.05, 0) is 62.6 Å². The Labute approximate surface area is 253 Å². The highest BCUT2D eigenvalue weighted by molar-refractivity contribution is 7.16. The van der Waals surface area contributed by atoms with Crippen molar-refractivity contribution in [2.45, 2.75) is 66.2 Å². The van der Waals surface area contributed by atoms with Gasteiger partial charge in [-0.15, -0.1) is 21.5 Å². The molecule has 0 fully saturated rings. The van der Waals surface area contributed by atoms with Crippen LogP contribution in [0.3, 0.4) is 0 Å². The van der Waals surface area contributed by atoms with Crippen LogP contribution in [0.25, 0.3) is 23.1 Å². The third-order valence-corrected chi connectivity index (χ3v) is 8.50. The second kappa shape index (κ2) is 15.0. The third-order valence-electron chi connectivity index (χ3n) is 7.41. The number of carbonyl (C=O) groups excluding carboxylic acids is 1. The van der Waals surface area contributed by atoms with E-state index in [0.717, 1.165) is 56.5 Å². The van der Waals surface area contributed by atoms with E-state index in [2.05, 4.69) is 54.9 Å². The number of carbonyl (C=O) groups is 1. The third kappa shape index (κ3) is 6.86. The number of ether oxygens (including phenoxy) is 2. The first kappa shape index (κ1) is 31.3. The van der Waals surface area contributed by atoms with Crippen LogP contribution >= 0.6 is 11.3 Å². The summed E-state index contributed by atoms with van der Waals surface area (Å²) in [7, 11) is 3.23. The molecule has 0 radical (unpaired) electrons. The molecule has 0 bridgehead atoms. The maximum atomic E-state index is 14.1. The van der Waals surface area contributed by atoms with E-state index < -0.39 is 0 Å². The van der Waals surface area contributed by atoms with Crippen molar-refractivity contribution in [3.63, 3.8) is 0 Å². The van der Waals surface area contributed by atoms with E-state index >= 15 is 0 Å². The van der Waals surface area contributed by atoms with Gasteiger partial charge in [0.25, 0.3) is 5.91 Å². The number of hydrogen-bond acceptors (Lipinski definition) is 8. The number of thiophene rings is 1. The van der Waals surface area contributed by atoms with Gasteiger partial charge in [-0.2, -0.15) is 9.61 Å². The van der Waals surface area contributed by atoms with Gasteiger partial charge < -0.3 is 19.3 Å². The number of unbranched alkanes of at least 4 members (excludes halogenated alkanes) is 3. The fourth-order valence-corrected chi connectivity index (χ4v) is 5.96. The maximum absolute atomic E-state index is 14.1. The fraction of sp³-hybridized carbons (Fsp3) is 0.500. The summed E-state index contributed by atoms with van der Waals surface area (Å²) in [6, 6.07) is 9.79. The lowest BCUT2D eigenvalue weighted by molar-refractivity contribution is 0.0743. The Morgan fingerprint density at radius 2 is 1.64 bits per heavy atom. The second-order valence-corrected chi connectivity index (χ2v) is 11.4. The monoisotopic (exact) mass is 592 g/mol. The van der Waals surface area contributed by atoms with Crippen LogP contribution in [0.1, 0.15) is 81.6 Å². The number of methoxy groups -OCH3 is 2. The van der Waals surface area contributed by atoms with Gasteiger partial charge in [0.1, 0.15) is 11.5 Å². The summed E-state index contributed by atoms with van der Waals surface area (Å²) in [5.41, 5.74) is 1.62. The Morgan fingerprint density at radius 1 is 0.929 bits per heavy atom. The van der Waals surface area contributed by atoms with Gasteiger partial charge in [0.2, 0.25) is 0 Å². The first-order valence-electron chi connectivity index (χ1n) is 15.1. The minimum Gasteiger partial charge on any atom is -0.497 e. The molecule has 0 aliphatic heterocycles. The molecule has 10 heteroatoms. The first-order chi connectivity index (χ1) is 20.5. The van der Waals surface area contributed by atoms with Crippen LogP contribution < -0.4 is 19.6 Å². The van der Waals surface area contributed by atoms with Gasteiger partial charge in [0.15, 0.2) is 17.2 Å². The number of benzene rings is 1. The van der Waals surface area contributed by atoms with E-state index in [0.29, 0.717) is 52.5 Å². The Balaban J connectivity index is 1.88. The molecule has 4 aromatic rings. The molecular weight excluding hydrogens is 548 g/mol. The Kier molecular flexibility index (Phi) is 11.2. The highest BCUT2D eigenvalue weighted by Crippen LogP contribution is 2.32. The summed E-state index contributed by atoms with van der Waals surface area (Å²) in [5.74, 6) is 1.70. The van der Waals surface area contributed by atoms with Crippen molar-refractivity contribution in [1.82, 2.24) is 24.7 Å². The smallest absolute Gasteiger partial charge is 0.275 e. The van der Waals surface area contributed by atoms with Crippen molar-refractivity contribution >= 4 is 34.0 Å². The zero-order valence-electron chi connectivity index (χ0n) is 25.9. The molecule has 0 N–H and O–H groups in total. The molecule has 42 heavy (non-hydrogen) atoms. The van der Waals surface area contributed by atoms with Crippen molar-refractivity contribution in [3.8, 4) is 22.9 Å². The van der Waals surface area contributed by atoms with Crippen molar-refractivity contribution < 1.29 is 14.3 Å². The molecule has 1 amide bonds. The SMILES string of the molecule is CCCCN(CCCC)C(=O)c1nn2c(-c3cc(OC)ccc3OC)nnc2c1=Cc1ccc(N(CC)CCCC)s1. The molecule has 226 valence electrons. The highest BCUT2D eigenvalue weighted by atomic mass is 32.1. The van der Waals surface area contributed by atoms with Gasteiger partial charge in [-0.1, -0.05) is 40.0 Å². The minimum atomic E-state index is -0.0767. The maximum Gasteiger partial charge on any atom is 0.275 e. The molecule has 0 atom stereocenters. The molecule has 0 aliphatic rings. The van der Waals surface area contributed by atoms with Crippen LogP contribution in [0.4, 0.5) is 5.00 Å². The lowest BCUT2D eigenvalue weighted by Crippen LogP contribution is -2.35. The molecule has 0 saturated heterocycles. The molecule has 1 aromatic carbocycles. The van der Waals surface area contributed by atoms with Gasteiger partial charge in [-0.3, -0.25) is 4.79 Å². The average molecular weight is 593 g/mol. The van der Waals surface area contributed by atoms with E-state index in [1.54, 1.807) is 30.1 Å². The standard InChI is InChI=1S/C32H44N6O3S/c1-7-11-18-36(10-4)28-17-15-24(42-28)22-26-29(32(39)37(19-12-8-2)20-13-9-3)35-38-30(33-34-31(26)38)25-21-23(40-5)14-16-27(25)41-6/h14-17,21-22H,7-13,18-20H2,1-6H3. The summed E-state index contributed by atoms with van der Waals surface area (Å²) >= 11 is 1.72. The summed E-state index contributed by atoms with van der Waals surface area (Å²) in [6.07, 6.45) is 8.26. The van der Waals surface area contributed by atoms with Crippen LogP contribution in [0.15, 0.2) is 30.3 Å². The number of aromatic nitrogens is 4. The first-order valence-corrected chi connectivity index (χ1v) is 15.9. The van der Waals surface area contributed by atoms with Crippen molar-refractivity contribution in [1.29, 1.82) is 0 Å². The molecule has 4 rings (SSSR count). The van der Waals surface area contributed by atoms with E-state index in [1.807, 2.05) is 29.2 Å². The molecular formula is C32H44N6O3S. The molecule has 0 spiro atoms. The van der Waals surface area contributed by atoms with Gasteiger partial charge in [-0.25, -0.2) is 0 Å². The van der Waals surface area contributed by atoms with Gasteiger partial charge in [0, 0.05) is 31.1 Å². The van der Waals surface area contributed by atoms with E-state index in [9.17, 15) is 4.79 Å². The number of amides is 1. The summed E-state index contributed by atoms with van der Waals surface area (Å²) in [5, 5.41) is 15.8. The van der Waals surface area contributed by atoms with E-state index in [1.165, 1.54) is 5.00 Å². The molecule has 3 aromatic heterocycles. The molecule has 3 heterocycles. The Bertz CT molecular complexity index is 1510. The Hall–Kier alpha value is -3.66. The number of rotatable bonds is 16. The zero-order valence-corrected chi connectivity index (χ0v) is 26.7. The van der Waals surface area contributed by atoms with Crippen LogP contribution in [0.2, 0.25) is 0 Å². The number of nitrogens with zero attached hydrogens (tertiary/aromatic N) is 6. The summed E-state index contributed by atoms with van der Waals surface area (Å²) in [6.45, 7) is 12.1. The van der Waals surface area contributed by atoms with Crippen LogP contribution in [-0.4, -0.2) is 71.0 Å². The normalized spacial score (nSPS) is 11.8. The molecule has 0 unspecified atom stereocenters. The van der Waals surface area contributed by atoms with Gasteiger partial charge in [0.05, 0.1) is 30.0 Å². The molecule has 0 saturated carbocycles. The fourth-order valence-electron chi connectivity index (χ4n) is 4.92. The minimum absolute atomic E-state index is 0.0767. The summed E-state index contributed by atoms with van der Waals surface area (Å²) in [4.78, 5) is 19.5. The van der Waals surface area contributed by atoms with E-state index in [-0.39, 0.29) is 5.91 Å². The number of fused-ring (bicyclic) bond motifs is 1. The van der Waals surface area contributed by atoms with Crippen LogP contribution in [0, 0.1) is 0 Å². The number of hydrogen-bond donors (Lipinski definition) is 0. The van der Waals surface area contributed by atoms with Crippen molar-refractivity contribution in [3.05, 3.63) is 46.1 Å². The second-order valence-electron chi connectivity index (χ2n) is 10.3. The van der Waals surface area contributed by atoms with E-state index in [4.69, 9.17) is 14.6 Å². The van der Waals surface area contributed by atoms with Crippen molar-refractivity contribution in [2.24, 2.45) is 0 Å². The number of anilines is 1. The van der Waals surface area contributed by atoms with Gasteiger partial charge >= 0.3 is 0 Å². The van der Waals surface area contributed by atoms with Crippen LogP contribution in [0.5, 0.6) is 11.5 Å². The lowest BCUT2D eigenvalue weighted by Gasteiger charge is -2.21. The highest BCUT2D eigenvalue weighted by Gasteiger charge is 2.25. The largest absolute Gasteiger partial charge is 0.497 e. The van der Waals surface area contributed by atoms with Crippen LogP contribution in [-0.2, 0) is 0 Å². The lowest BCUT2D eigenvalue weighted by atomic mass is 10.2. The summed E-state index contributed by atoms with van der Waals surface area (Å²) < 4.78 is 12.8. The predicted molar refractivity (Wildman–Crippen MR) is 171 cm³/mol. The Morgan fingerprint density at radius 3 is 2.29 bits per heavy atom. The predicted octanol–water partition coefficient (Wildman–Crippen LogP) is 6.09.